The molecule has 142 valence electrons. The van der Waals surface area contributed by atoms with E-state index in [0.29, 0.717) is 34.0 Å². The molecule has 0 aromatic heterocycles. The Labute approximate surface area is 169 Å². The van der Waals surface area contributed by atoms with Gasteiger partial charge in [0, 0.05) is 34.1 Å². The minimum absolute atomic E-state index is 0.0946. The van der Waals surface area contributed by atoms with Gasteiger partial charge in [-0.15, -0.1) is 0 Å². The number of hydrogen-bond donors (Lipinski definition) is 2. The van der Waals surface area contributed by atoms with Gasteiger partial charge in [-0.3, -0.25) is 4.79 Å². The Morgan fingerprint density at radius 3 is 2.07 bits per heavy atom. The average molecular weight is 380 g/mol. The molecule has 29 heavy (non-hydrogen) atoms. The lowest BCUT2D eigenvalue weighted by atomic mass is 10.0. The Hall–Kier alpha value is -4.05. The lowest BCUT2D eigenvalue weighted by Gasteiger charge is -2.13. The molecule has 0 aliphatic heterocycles. The van der Waals surface area contributed by atoms with Gasteiger partial charge in [0.15, 0.2) is 5.78 Å². The summed E-state index contributed by atoms with van der Waals surface area (Å²) in [5.41, 5.74) is 16.3. The van der Waals surface area contributed by atoms with Crippen molar-refractivity contribution in [1.29, 1.82) is 0 Å². The van der Waals surface area contributed by atoms with Crippen molar-refractivity contribution in [3.63, 3.8) is 0 Å². The zero-order valence-electron chi connectivity index (χ0n) is 15.7. The van der Waals surface area contributed by atoms with Gasteiger partial charge >= 0.3 is 0 Å². The van der Waals surface area contributed by atoms with Gasteiger partial charge in [-0.1, -0.05) is 60.7 Å². The van der Waals surface area contributed by atoms with E-state index < -0.39 is 0 Å². The lowest BCUT2D eigenvalue weighted by molar-refractivity contribution is 0.103. The summed E-state index contributed by atoms with van der Waals surface area (Å²) in [5, 5.41) is 0. The summed E-state index contributed by atoms with van der Waals surface area (Å²) >= 11 is 0. The van der Waals surface area contributed by atoms with E-state index in [1.807, 2.05) is 66.7 Å². The van der Waals surface area contributed by atoms with Crippen LogP contribution in [0.2, 0.25) is 0 Å². The van der Waals surface area contributed by atoms with Crippen LogP contribution < -0.4 is 16.2 Å². The fourth-order valence-electron chi connectivity index (χ4n) is 3.21. The van der Waals surface area contributed by atoms with Gasteiger partial charge in [0.25, 0.3) is 0 Å². The topological polar surface area (TPSA) is 78.3 Å². The van der Waals surface area contributed by atoms with Gasteiger partial charge in [0.2, 0.25) is 0 Å². The SMILES string of the molecule is Nc1ccccc1-c1ccc(Oc2ccccc2C(=O)c2ccccc2)cc1N. The number of para-hydroxylation sites is 2. The van der Waals surface area contributed by atoms with Crippen molar-refractivity contribution >= 4 is 17.2 Å². The molecule has 0 aliphatic carbocycles. The minimum atomic E-state index is -0.0946. The van der Waals surface area contributed by atoms with E-state index in [9.17, 15) is 4.79 Å². The number of ether oxygens (including phenoxy) is 1. The number of carbonyl (C=O) groups excluding carboxylic acids is 1. The Bertz CT molecular complexity index is 1170. The minimum Gasteiger partial charge on any atom is -0.457 e. The fourth-order valence-corrected chi connectivity index (χ4v) is 3.21. The Morgan fingerprint density at radius 2 is 1.31 bits per heavy atom. The number of hydrogen-bond acceptors (Lipinski definition) is 4. The molecule has 0 radical (unpaired) electrons. The van der Waals surface area contributed by atoms with Crippen LogP contribution in [-0.2, 0) is 0 Å². The Balaban J connectivity index is 1.65. The molecule has 4 rings (SSSR count). The maximum absolute atomic E-state index is 12.9. The summed E-state index contributed by atoms with van der Waals surface area (Å²) < 4.78 is 6.02. The van der Waals surface area contributed by atoms with Crippen molar-refractivity contribution in [3.8, 4) is 22.6 Å². The van der Waals surface area contributed by atoms with E-state index in [2.05, 4.69) is 0 Å². The highest BCUT2D eigenvalue weighted by Gasteiger charge is 2.15. The molecule has 0 aliphatic rings. The molecular weight excluding hydrogens is 360 g/mol. The van der Waals surface area contributed by atoms with Crippen LogP contribution in [-0.4, -0.2) is 5.78 Å². The molecule has 0 atom stereocenters. The number of nitrogen functional groups attached to an aromatic ring is 2. The van der Waals surface area contributed by atoms with Crippen LogP contribution in [0.3, 0.4) is 0 Å². The van der Waals surface area contributed by atoms with E-state index in [-0.39, 0.29) is 5.78 Å². The number of carbonyl (C=O) groups is 1. The first-order valence-corrected chi connectivity index (χ1v) is 9.24. The molecule has 4 aromatic carbocycles. The normalized spacial score (nSPS) is 10.5. The van der Waals surface area contributed by atoms with Crippen LogP contribution in [0.5, 0.6) is 11.5 Å². The van der Waals surface area contributed by atoms with Gasteiger partial charge in [-0.25, -0.2) is 0 Å². The molecule has 0 bridgehead atoms. The standard InChI is InChI=1S/C25H20N2O2/c26-22-12-6-4-10-19(22)20-15-14-18(16-23(20)27)29-24-13-7-5-11-21(24)25(28)17-8-2-1-3-9-17/h1-16H,26-27H2. The largest absolute Gasteiger partial charge is 0.457 e. The average Bonchev–Trinajstić information content (AvgIpc) is 2.75. The molecule has 0 saturated carbocycles. The summed E-state index contributed by atoms with van der Waals surface area (Å²) in [5.74, 6) is 0.935. The number of ketones is 1. The molecular formula is C25H20N2O2. The van der Waals surface area contributed by atoms with Crippen LogP contribution in [0.25, 0.3) is 11.1 Å². The van der Waals surface area contributed by atoms with Gasteiger partial charge in [0.05, 0.1) is 5.56 Å². The van der Waals surface area contributed by atoms with E-state index >= 15 is 0 Å². The third kappa shape index (κ3) is 3.82. The van der Waals surface area contributed by atoms with Crippen LogP contribution >= 0.6 is 0 Å². The van der Waals surface area contributed by atoms with Crippen molar-refractivity contribution in [2.45, 2.75) is 0 Å². The van der Waals surface area contributed by atoms with Crippen molar-refractivity contribution in [3.05, 3.63) is 108 Å². The second-order valence-corrected chi connectivity index (χ2v) is 6.63. The molecule has 0 spiro atoms. The Kier molecular flexibility index (Phi) is 4.99. The third-order valence-electron chi connectivity index (χ3n) is 4.67. The highest BCUT2D eigenvalue weighted by molar-refractivity contribution is 6.10. The summed E-state index contributed by atoms with van der Waals surface area (Å²) in [6, 6.07) is 29.3. The van der Waals surface area contributed by atoms with E-state index in [1.165, 1.54) is 0 Å². The van der Waals surface area contributed by atoms with E-state index in [0.717, 1.165) is 11.1 Å². The van der Waals surface area contributed by atoms with Gasteiger partial charge in [-0.05, 0) is 30.3 Å². The third-order valence-corrected chi connectivity index (χ3v) is 4.67. The number of benzene rings is 4. The first-order valence-electron chi connectivity index (χ1n) is 9.24. The molecule has 0 saturated heterocycles. The van der Waals surface area contributed by atoms with Gasteiger partial charge < -0.3 is 16.2 Å². The smallest absolute Gasteiger partial charge is 0.196 e. The maximum Gasteiger partial charge on any atom is 0.196 e. The molecule has 4 aromatic rings. The van der Waals surface area contributed by atoms with Crippen molar-refractivity contribution < 1.29 is 9.53 Å². The molecule has 0 fully saturated rings. The first kappa shape index (κ1) is 18.3. The van der Waals surface area contributed by atoms with Crippen molar-refractivity contribution in [2.75, 3.05) is 11.5 Å². The monoisotopic (exact) mass is 380 g/mol. The van der Waals surface area contributed by atoms with Crippen LogP contribution in [0.1, 0.15) is 15.9 Å². The van der Waals surface area contributed by atoms with Gasteiger partial charge in [0.1, 0.15) is 11.5 Å². The predicted molar refractivity (Wildman–Crippen MR) is 117 cm³/mol. The summed E-state index contributed by atoms with van der Waals surface area (Å²) in [4.78, 5) is 12.9. The fraction of sp³-hybridized carbons (Fsp3) is 0. The lowest BCUT2D eigenvalue weighted by Crippen LogP contribution is -2.03. The highest BCUT2D eigenvalue weighted by Crippen LogP contribution is 2.35. The molecule has 0 heterocycles. The summed E-state index contributed by atoms with van der Waals surface area (Å²) in [6.07, 6.45) is 0. The number of anilines is 2. The van der Waals surface area contributed by atoms with Gasteiger partial charge in [-0.2, -0.15) is 0 Å². The highest BCUT2D eigenvalue weighted by atomic mass is 16.5. The molecule has 4 N–H and O–H groups in total. The predicted octanol–water partition coefficient (Wildman–Crippen LogP) is 5.54. The number of rotatable bonds is 5. The van der Waals surface area contributed by atoms with Crippen LogP contribution in [0, 0.1) is 0 Å². The zero-order chi connectivity index (χ0) is 20.2. The van der Waals surface area contributed by atoms with Crippen LogP contribution in [0.15, 0.2) is 97.1 Å². The van der Waals surface area contributed by atoms with E-state index in [4.69, 9.17) is 16.2 Å². The van der Waals surface area contributed by atoms with Crippen molar-refractivity contribution in [1.82, 2.24) is 0 Å². The molecule has 4 nitrogen and oxygen atoms in total. The Morgan fingerprint density at radius 1 is 0.655 bits per heavy atom. The van der Waals surface area contributed by atoms with E-state index in [1.54, 1.807) is 30.3 Å². The summed E-state index contributed by atoms with van der Waals surface area (Å²) in [7, 11) is 0. The maximum atomic E-state index is 12.9. The molecule has 4 heteroatoms. The van der Waals surface area contributed by atoms with Crippen LogP contribution in [0.4, 0.5) is 11.4 Å². The quantitative estimate of drug-likeness (QED) is 0.352. The second kappa shape index (κ2) is 7.90. The second-order valence-electron chi connectivity index (χ2n) is 6.63. The summed E-state index contributed by atoms with van der Waals surface area (Å²) in [6.45, 7) is 0. The molecule has 0 amide bonds. The molecule has 0 unspecified atom stereocenters. The first-order chi connectivity index (χ1) is 14.1. The number of nitrogens with two attached hydrogens (primary N) is 2. The zero-order valence-corrected chi connectivity index (χ0v) is 15.7. The van der Waals surface area contributed by atoms with Crippen molar-refractivity contribution in [2.24, 2.45) is 0 Å².